The van der Waals surface area contributed by atoms with Crippen molar-refractivity contribution in [2.24, 2.45) is 0 Å². The van der Waals surface area contributed by atoms with Gasteiger partial charge in [0.2, 0.25) is 0 Å². The summed E-state index contributed by atoms with van der Waals surface area (Å²) in [5.74, 6) is -1.02. The molecule has 6 nitrogen and oxygen atoms in total. The summed E-state index contributed by atoms with van der Waals surface area (Å²) in [6, 6.07) is 3.03. The standard InChI is InChI=1S/C11H7F3N2O4S/c1-2-20-10(17)6-3-4-8(16(18)19)9(7(6)5-15)21-11(12,13)14/h3-4H,2H2,1H3. The normalized spacial score (nSPS) is 10.8. The topological polar surface area (TPSA) is 93.2 Å². The Balaban J connectivity index is 3.54. The van der Waals surface area contributed by atoms with Gasteiger partial charge in [0, 0.05) is 6.07 Å². The van der Waals surface area contributed by atoms with Crippen molar-refractivity contribution in [3.63, 3.8) is 0 Å². The predicted molar refractivity (Wildman–Crippen MR) is 65.7 cm³/mol. The Morgan fingerprint density at radius 2 is 2.14 bits per heavy atom. The molecule has 21 heavy (non-hydrogen) atoms. The number of nitro groups is 1. The fraction of sp³-hybridized carbons (Fsp3) is 0.273. The molecule has 0 atom stereocenters. The molecule has 0 saturated heterocycles. The fourth-order valence-electron chi connectivity index (χ4n) is 1.42. The Morgan fingerprint density at radius 1 is 1.52 bits per heavy atom. The van der Waals surface area contributed by atoms with Gasteiger partial charge < -0.3 is 4.74 Å². The lowest BCUT2D eigenvalue weighted by molar-refractivity contribution is -0.387. The van der Waals surface area contributed by atoms with E-state index < -0.39 is 49.9 Å². The lowest BCUT2D eigenvalue weighted by Crippen LogP contribution is -2.10. The highest BCUT2D eigenvalue weighted by molar-refractivity contribution is 8.00. The van der Waals surface area contributed by atoms with Crippen LogP contribution in [0.5, 0.6) is 0 Å². The van der Waals surface area contributed by atoms with E-state index in [0.29, 0.717) is 0 Å². The number of rotatable bonds is 4. The van der Waals surface area contributed by atoms with Crippen LogP contribution in [0.15, 0.2) is 17.0 Å². The molecular formula is C11H7F3N2O4S. The molecule has 0 aliphatic heterocycles. The van der Waals surface area contributed by atoms with Crippen LogP contribution in [-0.2, 0) is 4.74 Å². The molecule has 0 radical (unpaired) electrons. The highest BCUT2D eigenvalue weighted by atomic mass is 32.2. The van der Waals surface area contributed by atoms with Crippen molar-refractivity contribution in [2.45, 2.75) is 17.3 Å². The van der Waals surface area contributed by atoms with Gasteiger partial charge in [-0.2, -0.15) is 18.4 Å². The lowest BCUT2D eigenvalue weighted by Gasteiger charge is -2.10. The molecule has 0 saturated carbocycles. The van der Waals surface area contributed by atoms with Crippen LogP contribution >= 0.6 is 11.8 Å². The molecule has 0 aliphatic rings. The van der Waals surface area contributed by atoms with Gasteiger partial charge in [-0.1, -0.05) is 0 Å². The van der Waals surface area contributed by atoms with Gasteiger partial charge in [-0.3, -0.25) is 10.1 Å². The number of nitrogens with zero attached hydrogens (tertiary/aromatic N) is 2. The van der Waals surface area contributed by atoms with Crippen molar-refractivity contribution < 1.29 is 27.6 Å². The van der Waals surface area contributed by atoms with Gasteiger partial charge in [-0.25, -0.2) is 4.79 Å². The monoisotopic (exact) mass is 320 g/mol. The van der Waals surface area contributed by atoms with Crippen LogP contribution in [0.3, 0.4) is 0 Å². The Bertz CT molecular complexity index is 625. The first kappa shape index (κ1) is 16.8. The molecule has 0 unspecified atom stereocenters. The largest absolute Gasteiger partial charge is 0.462 e. The summed E-state index contributed by atoms with van der Waals surface area (Å²) in [4.78, 5) is 20.4. The summed E-state index contributed by atoms with van der Waals surface area (Å²) >= 11 is -0.815. The molecule has 112 valence electrons. The van der Waals surface area contributed by atoms with Crippen molar-refractivity contribution in [2.75, 3.05) is 6.61 Å². The predicted octanol–water partition coefficient (Wildman–Crippen LogP) is 3.26. The van der Waals surface area contributed by atoms with Gasteiger partial charge in [0.1, 0.15) is 11.0 Å². The minimum atomic E-state index is -4.84. The Kier molecular flexibility index (Phi) is 5.15. The molecular weight excluding hydrogens is 313 g/mol. The summed E-state index contributed by atoms with van der Waals surface area (Å²) in [6.45, 7) is 1.42. The first-order chi connectivity index (χ1) is 9.71. The average molecular weight is 320 g/mol. The SMILES string of the molecule is CCOC(=O)c1ccc([N+](=O)[O-])c(SC(F)(F)F)c1C#N. The number of thioether (sulfide) groups is 1. The molecule has 0 fully saturated rings. The van der Waals surface area contributed by atoms with E-state index in [0.717, 1.165) is 12.1 Å². The number of alkyl halides is 3. The third-order valence-electron chi connectivity index (χ3n) is 2.16. The van der Waals surface area contributed by atoms with Crippen molar-refractivity contribution in [3.8, 4) is 6.07 Å². The maximum Gasteiger partial charge on any atom is 0.446 e. The van der Waals surface area contributed by atoms with E-state index in [1.165, 1.54) is 13.0 Å². The summed E-state index contributed by atoms with van der Waals surface area (Å²) in [7, 11) is 0. The number of halogens is 3. The van der Waals surface area contributed by atoms with Gasteiger partial charge in [0.05, 0.1) is 22.7 Å². The zero-order valence-corrected chi connectivity index (χ0v) is 11.2. The number of nitro benzene ring substituents is 1. The molecule has 1 aromatic rings. The molecule has 0 spiro atoms. The van der Waals surface area contributed by atoms with E-state index in [9.17, 15) is 28.1 Å². The van der Waals surface area contributed by atoms with Crippen molar-refractivity contribution in [3.05, 3.63) is 33.4 Å². The maximum atomic E-state index is 12.5. The van der Waals surface area contributed by atoms with E-state index in [4.69, 9.17) is 5.26 Å². The number of benzene rings is 1. The molecule has 0 amide bonds. The van der Waals surface area contributed by atoms with Crippen molar-refractivity contribution in [1.29, 1.82) is 5.26 Å². The quantitative estimate of drug-likeness (QED) is 0.366. The fourth-order valence-corrected chi connectivity index (χ4v) is 2.16. The molecule has 1 rings (SSSR count). The molecule has 10 heteroatoms. The minimum absolute atomic E-state index is 0.0531. The molecule has 0 N–H and O–H groups in total. The summed E-state index contributed by atoms with van der Waals surface area (Å²) in [5.41, 5.74) is -6.92. The van der Waals surface area contributed by atoms with Gasteiger partial charge in [-0.15, -0.1) is 0 Å². The van der Waals surface area contributed by atoms with E-state index in [1.807, 2.05) is 0 Å². The number of hydrogen-bond acceptors (Lipinski definition) is 6. The van der Waals surface area contributed by atoms with Crippen molar-refractivity contribution in [1.82, 2.24) is 0 Å². The zero-order chi connectivity index (χ0) is 16.2. The number of carbonyl (C=O) groups excluding carboxylic acids is 1. The minimum Gasteiger partial charge on any atom is -0.462 e. The van der Waals surface area contributed by atoms with Gasteiger partial charge >= 0.3 is 11.5 Å². The number of carbonyl (C=O) groups is 1. The first-order valence-corrected chi connectivity index (χ1v) is 6.17. The third kappa shape index (κ3) is 4.09. The molecule has 0 aliphatic carbocycles. The smallest absolute Gasteiger partial charge is 0.446 e. The van der Waals surface area contributed by atoms with E-state index in [2.05, 4.69) is 4.74 Å². The van der Waals surface area contributed by atoms with Crippen LogP contribution in [0, 0.1) is 21.4 Å². The molecule has 1 aromatic carbocycles. The van der Waals surface area contributed by atoms with E-state index in [-0.39, 0.29) is 6.61 Å². The highest BCUT2D eigenvalue weighted by Gasteiger charge is 2.36. The Hall–Kier alpha value is -2.28. The van der Waals surface area contributed by atoms with Gasteiger partial charge in [0.15, 0.2) is 0 Å². The van der Waals surface area contributed by atoms with E-state index in [1.54, 1.807) is 0 Å². The second kappa shape index (κ2) is 6.45. The van der Waals surface area contributed by atoms with Gasteiger partial charge in [-0.05, 0) is 24.8 Å². The lowest BCUT2D eigenvalue weighted by atomic mass is 10.1. The number of nitriles is 1. The molecule has 0 aromatic heterocycles. The summed E-state index contributed by atoms with van der Waals surface area (Å²) in [6.07, 6.45) is 0. The number of hydrogen-bond donors (Lipinski definition) is 0. The van der Waals surface area contributed by atoms with Crippen molar-refractivity contribution >= 4 is 23.4 Å². The Morgan fingerprint density at radius 3 is 2.57 bits per heavy atom. The zero-order valence-electron chi connectivity index (χ0n) is 10.4. The van der Waals surface area contributed by atoms with Gasteiger partial charge in [0.25, 0.3) is 5.69 Å². The highest BCUT2D eigenvalue weighted by Crippen LogP contribution is 2.43. The second-order valence-corrected chi connectivity index (χ2v) is 4.55. The maximum absolute atomic E-state index is 12.5. The average Bonchev–Trinajstić information content (AvgIpc) is 2.36. The van der Waals surface area contributed by atoms with Crippen LogP contribution in [0.1, 0.15) is 22.8 Å². The molecule has 0 heterocycles. The second-order valence-electron chi connectivity index (χ2n) is 3.47. The summed E-state index contributed by atoms with van der Waals surface area (Å²) < 4.78 is 42.1. The summed E-state index contributed by atoms with van der Waals surface area (Å²) in [5, 5.41) is 19.7. The molecule has 0 bridgehead atoms. The Labute approximate surface area is 120 Å². The van der Waals surface area contributed by atoms with Crippen LogP contribution in [0.25, 0.3) is 0 Å². The number of esters is 1. The van der Waals surface area contributed by atoms with Crippen LogP contribution in [0.4, 0.5) is 18.9 Å². The third-order valence-corrected chi connectivity index (χ3v) is 3.01. The van der Waals surface area contributed by atoms with Crippen LogP contribution in [-0.4, -0.2) is 23.0 Å². The van der Waals surface area contributed by atoms with E-state index >= 15 is 0 Å². The van der Waals surface area contributed by atoms with Crippen LogP contribution in [0.2, 0.25) is 0 Å². The van der Waals surface area contributed by atoms with Crippen LogP contribution < -0.4 is 0 Å². The number of ether oxygens (including phenoxy) is 1. The first-order valence-electron chi connectivity index (χ1n) is 5.35.